The van der Waals surface area contributed by atoms with Crippen LogP contribution in [0.4, 0.5) is 0 Å². The number of halogens is 1. The Kier molecular flexibility index (Phi) is 4.72. The highest BCUT2D eigenvalue weighted by Gasteiger charge is 2.11. The van der Waals surface area contributed by atoms with E-state index in [1.54, 1.807) is 23.1 Å². The minimum atomic E-state index is -0.943. The van der Waals surface area contributed by atoms with Gasteiger partial charge in [-0.3, -0.25) is 18.9 Å². The number of hydrogen-bond donors (Lipinski definition) is 1. The molecule has 21 heavy (non-hydrogen) atoms. The molecule has 2 aromatic rings. The van der Waals surface area contributed by atoms with Crippen LogP contribution in [-0.4, -0.2) is 38.4 Å². The van der Waals surface area contributed by atoms with Gasteiger partial charge < -0.3 is 5.11 Å². The third kappa shape index (κ3) is 3.90. The Morgan fingerprint density at radius 3 is 2.95 bits per heavy atom. The Labute approximate surface area is 125 Å². The molecular formula is C14H14ClN3O3. The SMILES string of the molecule is C=CCN(CC(=O)O)Cc1cc(=O)n2cc(Cl)ccc2n1. The van der Waals surface area contributed by atoms with Crippen LogP contribution in [0, 0.1) is 0 Å². The zero-order valence-electron chi connectivity index (χ0n) is 11.2. The summed E-state index contributed by atoms with van der Waals surface area (Å²) in [5, 5.41) is 9.31. The fourth-order valence-electron chi connectivity index (χ4n) is 2.00. The molecule has 0 amide bonds. The number of hydrogen-bond acceptors (Lipinski definition) is 4. The zero-order chi connectivity index (χ0) is 15.4. The molecule has 0 aliphatic heterocycles. The number of carbonyl (C=O) groups is 1. The molecule has 2 heterocycles. The molecule has 0 bridgehead atoms. The average Bonchev–Trinajstić information content (AvgIpc) is 2.39. The minimum absolute atomic E-state index is 0.145. The Bertz CT molecular complexity index is 742. The number of pyridine rings is 1. The van der Waals surface area contributed by atoms with E-state index in [-0.39, 0.29) is 18.6 Å². The lowest BCUT2D eigenvalue weighted by Gasteiger charge is -2.17. The van der Waals surface area contributed by atoms with E-state index in [0.29, 0.717) is 22.9 Å². The number of carboxylic acids is 1. The summed E-state index contributed by atoms with van der Waals surface area (Å²) >= 11 is 5.84. The normalized spacial score (nSPS) is 11.0. The van der Waals surface area contributed by atoms with Gasteiger partial charge in [-0.05, 0) is 12.1 Å². The molecular weight excluding hydrogens is 294 g/mol. The van der Waals surface area contributed by atoms with Gasteiger partial charge in [0.15, 0.2) is 0 Å². The van der Waals surface area contributed by atoms with E-state index in [0.717, 1.165) is 0 Å². The maximum atomic E-state index is 12.0. The first-order valence-electron chi connectivity index (χ1n) is 6.22. The predicted molar refractivity (Wildman–Crippen MR) is 79.6 cm³/mol. The van der Waals surface area contributed by atoms with E-state index in [4.69, 9.17) is 16.7 Å². The summed E-state index contributed by atoms with van der Waals surface area (Å²) in [5.41, 5.74) is 0.715. The largest absolute Gasteiger partial charge is 0.480 e. The van der Waals surface area contributed by atoms with Gasteiger partial charge in [0.25, 0.3) is 5.56 Å². The standard InChI is InChI=1S/C14H14ClN3O3/c1-2-5-17(9-14(20)21)8-11-6-13(19)18-7-10(15)3-4-12(18)16-11/h2-4,6-7H,1,5,8-9H2,(H,20,21). The van der Waals surface area contributed by atoms with Crippen molar-refractivity contribution < 1.29 is 9.90 Å². The third-order valence-electron chi connectivity index (χ3n) is 2.81. The Balaban J connectivity index is 2.33. The molecule has 110 valence electrons. The molecule has 0 saturated heterocycles. The van der Waals surface area contributed by atoms with Crippen LogP contribution in [0.2, 0.25) is 5.02 Å². The summed E-state index contributed by atoms with van der Waals surface area (Å²) in [7, 11) is 0. The van der Waals surface area contributed by atoms with Crippen LogP contribution >= 0.6 is 11.6 Å². The van der Waals surface area contributed by atoms with Gasteiger partial charge in [-0.2, -0.15) is 0 Å². The maximum absolute atomic E-state index is 12.0. The zero-order valence-corrected chi connectivity index (χ0v) is 12.0. The summed E-state index contributed by atoms with van der Waals surface area (Å²) in [6, 6.07) is 4.66. The molecule has 2 rings (SSSR count). The van der Waals surface area contributed by atoms with E-state index >= 15 is 0 Å². The smallest absolute Gasteiger partial charge is 0.317 e. The molecule has 0 radical (unpaired) electrons. The van der Waals surface area contributed by atoms with Crippen LogP contribution in [0.1, 0.15) is 5.69 Å². The van der Waals surface area contributed by atoms with Crippen LogP contribution in [-0.2, 0) is 11.3 Å². The molecule has 0 spiro atoms. The molecule has 7 heteroatoms. The molecule has 0 fully saturated rings. The highest BCUT2D eigenvalue weighted by atomic mass is 35.5. The van der Waals surface area contributed by atoms with Crippen molar-refractivity contribution >= 4 is 23.2 Å². The second kappa shape index (κ2) is 6.51. The van der Waals surface area contributed by atoms with Crippen molar-refractivity contribution in [3.8, 4) is 0 Å². The Morgan fingerprint density at radius 1 is 1.52 bits per heavy atom. The van der Waals surface area contributed by atoms with Crippen LogP contribution in [0.25, 0.3) is 5.65 Å². The Morgan fingerprint density at radius 2 is 2.29 bits per heavy atom. The summed E-state index contributed by atoms with van der Waals surface area (Å²) in [6.45, 7) is 4.10. The summed E-state index contributed by atoms with van der Waals surface area (Å²) in [5.74, 6) is -0.943. The molecule has 0 saturated carbocycles. The van der Waals surface area contributed by atoms with Crippen molar-refractivity contribution in [1.29, 1.82) is 0 Å². The van der Waals surface area contributed by atoms with E-state index in [2.05, 4.69) is 11.6 Å². The number of fused-ring (bicyclic) bond motifs is 1. The van der Waals surface area contributed by atoms with Gasteiger partial charge in [-0.1, -0.05) is 17.7 Å². The van der Waals surface area contributed by atoms with Crippen LogP contribution in [0.3, 0.4) is 0 Å². The minimum Gasteiger partial charge on any atom is -0.480 e. The molecule has 0 aromatic carbocycles. The highest BCUT2D eigenvalue weighted by molar-refractivity contribution is 6.30. The van der Waals surface area contributed by atoms with E-state index in [1.807, 2.05) is 0 Å². The van der Waals surface area contributed by atoms with Gasteiger partial charge in [0, 0.05) is 25.4 Å². The van der Waals surface area contributed by atoms with Crippen LogP contribution in [0.15, 0.2) is 41.8 Å². The lowest BCUT2D eigenvalue weighted by atomic mass is 10.3. The lowest BCUT2D eigenvalue weighted by molar-refractivity contribution is -0.138. The van der Waals surface area contributed by atoms with Crippen LogP contribution < -0.4 is 5.56 Å². The third-order valence-corrected chi connectivity index (χ3v) is 3.03. The number of carboxylic acid groups (broad SMARTS) is 1. The summed E-state index contributed by atoms with van der Waals surface area (Å²) < 4.78 is 1.35. The lowest BCUT2D eigenvalue weighted by Crippen LogP contribution is -2.30. The molecule has 6 nitrogen and oxygen atoms in total. The number of nitrogens with zero attached hydrogens (tertiary/aromatic N) is 3. The van der Waals surface area contributed by atoms with Crippen molar-refractivity contribution in [2.45, 2.75) is 6.54 Å². The fraction of sp³-hybridized carbons (Fsp3) is 0.214. The van der Waals surface area contributed by atoms with Gasteiger partial charge in [0.2, 0.25) is 0 Å². The molecule has 0 unspecified atom stereocenters. The first-order valence-corrected chi connectivity index (χ1v) is 6.60. The van der Waals surface area contributed by atoms with Crippen LogP contribution in [0.5, 0.6) is 0 Å². The quantitative estimate of drug-likeness (QED) is 0.817. The van der Waals surface area contributed by atoms with Gasteiger partial charge in [-0.25, -0.2) is 4.98 Å². The highest BCUT2D eigenvalue weighted by Crippen LogP contribution is 2.09. The van der Waals surface area contributed by atoms with Gasteiger partial charge in [-0.15, -0.1) is 6.58 Å². The number of aromatic nitrogens is 2. The van der Waals surface area contributed by atoms with Crippen molar-refractivity contribution in [2.75, 3.05) is 13.1 Å². The van der Waals surface area contributed by atoms with Gasteiger partial charge in [0.1, 0.15) is 5.65 Å². The monoisotopic (exact) mass is 307 g/mol. The van der Waals surface area contributed by atoms with Gasteiger partial charge >= 0.3 is 5.97 Å². The topological polar surface area (TPSA) is 74.9 Å². The molecule has 2 aromatic heterocycles. The second-order valence-electron chi connectivity index (χ2n) is 4.51. The number of rotatable bonds is 6. The summed E-state index contributed by atoms with van der Waals surface area (Å²) in [6.07, 6.45) is 3.10. The van der Waals surface area contributed by atoms with Gasteiger partial charge in [0.05, 0.1) is 17.3 Å². The maximum Gasteiger partial charge on any atom is 0.317 e. The Hall–Kier alpha value is -2.18. The first-order chi connectivity index (χ1) is 9.99. The van der Waals surface area contributed by atoms with E-state index < -0.39 is 5.97 Å². The van der Waals surface area contributed by atoms with Crippen molar-refractivity contribution in [3.05, 3.63) is 58.1 Å². The van der Waals surface area contributed by atoms with Crippen molar-refractivity contribution in [1.82, 2.24) is 14.3 Å². The van der Waals surface area contributed by atoms with E-state index in [1.165, 1.54) is 16.7 Å². The summed E-state index contributed by atoms with van der Waals surface area (Å²) in [4.78, 5) is 28.8. The van der Waals surface area contributed by atoms with Crippen molar-refractivity contribution in [3.63, 3.8) is 0 Å². The van der Waals surface area contributed by atoms with E-state index in [9.17, 15) is 9.59 Å². The molecule has 1 N–H and O–H groups in total. The number of aliphatic carboxylic acids is 1. The molecule has 0 aliphatic rings. The molecule has 0 atom stereocenters. The predicted octanol–water partition coefficient (Wildman–Crippen LogP) is 1.42. The fourth-order valence-corrected chi connectivity index (χ4v) is 2.16. The second-order valence-corrected chi connectivity index (χ2v) is 4.95. The average molecular weight is 308 g/mol. The first kappa shape index (κ1) is 15.2. The van der Waals surface area contributed by atoms with Crippen molar-refractivity contribution in [2.24, 2.45) is 0 Å². The molecule has 0 aliphatic carbocycles.